The molecule has 140 valence electrons. The number of benzene rings is 3. The van der Waals surface area contributed by atoms with Gasteiger partial charge in [0.2, 0.25) is 15.9 Å². The number of carbonyl (C=O) groups excluding carboxylic acids is 1. The van der Waals surface area contributed by atoms with Crippen molar-refractivity contribution < 1.29 is 17.6 Å². The van der Waals surface area contributed by atoms with E-state index in [0.29, 0.717) is 0 Å². The maximum Gasteiger partial charge on any atom is 0.241 e. The zero-order valence-electron chi connectivity index (χ0n) is 14.7. The lowest BCUT2D eigenvalue weighted by molar-refractivity contribution is -0.119. The molecule has 0 bridgehead atoms. The van der Waals surface area contributed by atoms with Crippen LogP contribution in [-0.4, -0.2) is 27.1 Å². The lowest BCUT2D eigenvalue weighted by Gasteiger charge is -2.22. The summed E-state index contributed by atoms with van der Waals surface area (Å²) >= 11 is 0. The normalized spacial score (nSPS) is 11.3. The number of rotatable bonds is 6. The maximum absolute atomic E-state index is 13.4. The molecule has 7 heteroatoms. The van der Waals surface area contributed by atoms with E-state index in [1.165, 1.54) is 18.2 Å². The number of sulfonamides is 1. The van der Waals surface area contributed by atoms with E-state index in [1.54, 1.807) is 0 Å². The van der Waals surface area contributed by atoms with Gasteiger partial charge in [0, 0.05) is 6.54 Å². The summed E-state index contributed by atoms with van der Waals surface area (Å²) < 4.78 is 38.4. The molecular formula is C20H19FN2O3S. The number of halogens is 1. The van der Waals surface area contributed by atoms with Gasteiger partial charge in [0.05, 0.1) is 11.9 Å². The molecule has 0 radical (unpaired) electrons. The van der Waals surface area contributed by atoms with Crippen molar-refractivity contribution in [3.8, 4) is 0 Å². The van der Waals surface area contributed by atoms with Crippen molar-refractivity contribution in [3.05, 3.63) is 78.1 Å². The van der Waals surface area contributed by atoms with Crippen LogP contribution in [0.25, 0.3) is 10.8 Å². The molecular weight excluding hydrogens is 367 g/mol. The van der Waals surface area contributed by atoms with E-state index in [-0.39, 0.29) is 12.2 Å². The Kier molecular flexibility index (Phi) is 5.41. The van der Waals surface area contributed by atoms with Crippen LogP contribution in [0.3, 0.4) is 0 Å². The summed E-state index contributed by atoms with van der Waals surface area (Å²) in [6, 6.07) is 18.9. The molecule has 0 aliphatic carbocycles. The first-order valence-electron chi connectivity index (χ1n) is 8.30. The Morgan fingerprint density at radius 3 is 2.44 bits per heavy atom. The fourth-order valence-corrected chi connectivity index (χ4v) is 3.62. The van der Waals surface area contributed by atoms with Gasteiger partial charge in [0.25, 0.3) is 0 Å². The van der Waals surface area contributed by atoms with Crippen molar-refractivity contribution in [1.82, 2.24) is 5.32 Å². The van der Waals surface area contributed by atoms with Crippen molar-refractivity contribution in [2.24, 2.45) is 0 Å². The fraction of sp³-hybridized carbons (Fsp3) is 0.150. The molecule has 27 heavy (non-hydrogen) atoms. The number of anilines is 1. The van der Waals surface area contributed by atoms with Crippen LogP contribution in [0.1, 0.15) is 5.56 Å². The number of amides is 1. The second-order valence-corrected chi connectivity index (χ2v) is 8.11. The SMILES string of the molecule is CS(=O)(=O)N(CC(=O)NCc1ccc2ccccc2c1)c1cccc(F)c1. The maximum atomic E-state index is 13.4. The standard InChI is InChI=1S/C20H19FN2O3S/c1-27(25,26)23(19-8-4-7-18(21)12-19)14-20(24)22-13-15-9-10-16-5-2-3-6-17(16)11-15/h2-12H,13-14H2,1H3,(H,22,24). The molecule has 0 unspecified atom stereocenters. The Labute approximate surface area is 157 Å². The van der Waals surface area contributed by atoms with Gasteiger partial charge in [0.15, 0.2) is 0 Å². The molecule has 0 aliphatic rings. The summed E-state index contributed by atoms with van der Waals surface area (Å²) in [5.74, 6) is -1.05. The molecule has 0 saturated carbocycles. The number of nitrogens with zero attached hydrogens (tertiary/aromatic N) is 1. The number of hydrogen-bond donors (Lipinski definition) is 1. The van der Waals surface area contributed by atoms with Gasteiger partial charge in [-0.15, -0.1) is 0 Å². The predicted octanol–water partition coefficient (Wildman–Crippen LogP) is 3.06. The molecule has 3 aromatic rings. The third-order valence-corrected chi connectivity index (χ3v) is 5.23. The highest BCUT2D eigenvalue weighted by molar-refractivity contribution is 7.92. The van der Waals surface area contributed by atoms with E-state index >= 15 is 0 Å². The van der Waals surface area contributed by atoms with E-state index in [1.807, 2.05) is 42.5 Å². The quantitative estimate of drug-likeness (QED) is 0.708. The topological polar surface area (TPSA) is 66.5 Å². The summed E-state index contributed by atoms with van der Waals surface area (Å²) in [4.78, 5) is 12.3. The average Bonchev–Trinajstić information content (AvgIpc) is 2.63. The van der Waals surface area contributed by atoms with Crippen LogP contribution in [0.4, 0.5) is 10.1 Å². The number of fused-ring (bicyclic) bond motifs is 1. The molecule has 5 nitrogen and oxygen atoms in total. The van der Waals surface area contributed by atoms with Gasteiger partial charge in [0.1, 0.15) is 12.4 Å². The van der Waals surface area contributed by atoms with E-state index in [9.17, 15) is 17.6 Å². The minimum atomic E-state index is -3.74. The van der Waals surface area contributed by atoms with Crippen molar-refractivity contribution in [1.29, 1.82) is 0 Å². The van der Waals surface area contributed by atoms with Gasteiger partial charge >= 0.3 is 0 Å². The van der Waals surface area contributed by atoms with Crippen molar-refractivity contribution in [3.63, 3.8) is 0 Å². The monoisotopic (exact) mass is 386 g/mol. The third-order valence-electron chi connectivity index (χ3n) is 4.09. The molecule has 0 aliphatic heterocycles. The zero-order chi connectivity index (χ0) is 19.4. The lowest BCUT2D eigenvalue weighted by Crippen LogP contribution is -2.40. The molecule has 1 N–H and O–H groups in total. The molecule has 1 amide bonds. The van der Waals surface area contributed by atoms with Gasteiger partial charge in [-0.1, -0.05) is 42.5 Å². The summed E-state index contributed by atoms with van der Waals surface area (Å²) in [5, 5.41) is 4.87. The van der Waals surface area contributed by atoms with Crippen molar-refractivity contribution >= 4 is 32.4 Å². The van der Waals surface area contributed by atoms with E-state index in [0.717, 1.165) is 33.0 Å². The number of nitrogens with one attached hydrogen (secondary N) is 1. The molecule has 3 aromatic carbocycles. The molecule has 0 atom stereocenters. The Bertz CT molecular complexity index is 1080. The molecule has 0 saturated heterocycles. The van der Waals surface area contributed by atoms with Crippen molar-refractivity contribution in [2.75, 3.05) is 17.1 Å². The predicted molar refractivity (Wildman–Crippen MR) is 104 cm³/mol. The Morgan fingerprint density at radius 1 is 1.00 bits per heavy atom. The van der Waals surface area contributed by atoms with Crippen LogP contribution in [0.5, 0.6) is 0 Å². The first-order chi connectivity index (χ1) is 12.8. The highest BCUT2D eigenvalue weighted by Crippen LogP contribution is 2.18. The number of hydrogen-bond acceptors (Lipinski definition) is 3. The summed E-state index contributed by atoms with van der Waals surface area (Å²) in [6.07, 6.45) is 0.981. The molecule has 0 fully saturated rings. The molecule has 0 spiro atoms. The van der Waals surface area contributed by atoms with Crippen LogP contribution < -0.4 is 9.62 Å². The minimum Gasteiger partial charge on any atom is -0.350 e. The van der Waals surface area contributed by atoms with E-state index in [4.69, 9.17) is 0 Å². The Hall–Kier alpha value is -2.93. The van der Waals surface area contributed by atoms with Crippen LogP contribution in [-0.2, 0) is 21.4 Å². The van der Waals surface area contributed by atoms with E-state index in [2.05, 4.69) is 5.32 Å². The van der Waals surface area contributed by atoms with Crippen LogP contribution >= 0.6 is 0 Å². The van der Waals surface area contributed by atoms with Gasteiger partial charge in [-0.25, -0.2) is 12.8 Å². The van der Waals surface area contributed by atoms with E-state index < -0.39 is 28.3 Å². The highest BCUT2D eigenvalue weighted by Gasteiger charge is 2.21. The average molecular weight is 386 g/mol. The first kappa shape index (κ1) is 18.8. The van der Waals surface area contributed by atoms with Gasteiger partial charge in [-0.05, 0) is 40.6 Å². The second kappa shape index (κ2) is 7.75. The lowest BCUT2D eigenvalue weighted by atomic mass is 10.1. The molecule has 0 aromatic heterocycles. The second-order valence-electron chi connectivity index (χ2n) is 6.21. The smallest absolute Gasteiger partial charge is 0.241 e. The highest BCUT2D eigenvalue weighted by atomic mass is 32.2. The Balaban J connectivity index is 1.70. The zero-order valence-corrected chi connectivity index (χ0v) is 15.5. The molecule has 0 heterocycles. The summed E-state index contributed by atoms with van der Waals surface area (Å²) in [6.45, 7) is -0.152. The third kappa shape index (κ3) is 4.83. The Morgan fingerprint density at radius 2 is 1.74 bits per heavy atom. The summed E-state index contributed by atoms with van der Waals surface area (Å²) in [7, 11) is -3.74. The first-order valence-corrected chi connectivity index (χ1v) is 10.2. The number of carbonyl (C=O) groups is 1. The fourth-order valence-electron chi connectivity index (χ4n) is 2.77. The van der Waals surface area contributed by atoms with Crippen molar-refractivity contribution in [2.45, 2.75) is 6.54 Å². The minimum absolute atomic E-state index is 0.110. The van der Waals surface area contributed by atoms with Gasteiger partial charge < -0.3 is 5.32 Å². The van der Waals surface area contributed by atoms with Crippen LogP contribution in [0.15, 0.2) is 66.7 Å². The molecule has 3 rings (SSSR count). The van der Waals surface area contributed by atoms with Crippen LogP contribution in [0.2, 0.25) is 0 Å². The van der Waals surface area contributed by atoms with Crippen LogP contribution in [0, 0.1) is 5.82 Å². The summed E-state index contributed by atoms with van der Waals surface area (Å²) in [5.41, 5.74) is 1.01. The van der Waals surface area contributed by atoms with Gasteiger partial charge in [-0.3, -0.25) is 9.10 Å². The largest absolute Gasteiger partial charge is 0.350 e. The van der Waals surface area contributed by atoms with Gasteiger partial charge in [-0.2, -0.15) is 0 Å².